The first-order valence-electron chi connectivity index (χ1n) is 13.1. The standard InChI is InChI=1S/C28H28F4N8O2/c1-14(2)36-23-18(10-33)26(39-24(38-23)21-22(16-6-7-16)34-13-35-27(21)41-4)42-12-15-5-8-17(19(29)9-15)25-37-20(11-40(25)3)28(30,31)32/h5,8-11,13-14,16,33H,6-7,12H2,1-4H3,(H,36,38,39). The fourth-order valence-corrected chi connectivity index (χ4v) is 4.43. The summed E-state index contributed by atoms with van der Waals surface area (Å²) in [6.07, 6.45) is 0.573. The number of hydrogen-bond acceptors (Lipinski definition) is 9. The Morgan fingerprint density at radius 3 is 2.50 bits per heavy atom. The zero-order chi connectivity index (χ0) is 30.2. The quantitative estimate of drug-likeness (QED) is 0.178. The van der Waals surface area contributed by atoms with Gasteiger partial charge in [0.25, 0.3) is 0 Å². The highest BCUT2D eigenvalue weighted by atomic mass is 19.4. The van der Waals surface area contributed by atoms with Crippen LogP contribution in [0.4, 0.5) is 23.4 Å². The van der Waals surface area contributed by atoms with Gasteiger partial charge in [0.05, 0.1) is 23.9 Å². The van der Waals surface area contributed by atoms with E-state index in [1.165, 1.54) is 32.6 Å². The van der Waals surface area contributed by atoms with E-state index in [1.807, 2.05) is 13.8 Å². The first-order chi connectivity index (χ1) is 20.0. The average Bonchev–Trinajstić information content (AvgIpc) is 3.71. The van der Waals surface area contributed by atoms with Crippen LogP contribution in [0.2, 0.25) is 0 Å². The molecule has 0 atom stereocenters. The van der Waals surface area contributed by atoms with Gasteiger partial charge in [-0.15, -0.1) is 0 Å². The van der Waals surface area contributed by atoms with Gasteiger partial charge in [-0.25, -0.2) is 24.3 Å². The molecule has 42 heavy (non-hydrogen) atoms. The van der Waals surface area contributed by atoms with Crippen LogP contribution in [0.15, 0.2) is 30.7 Å². The maximum atomic E-state index is 15.1. The van der Waals surface area contributed by atoms with Crippen molar-refractivity contribution in [2.75, 3.05) is 12.4 Å². The summed E-state index contributed by atoms with van der Waals surface area (Å²) in [5.74, 6) is 0.261. The van der Waals surface area contributed by atoms with E-state index >= 15 is 4.39 Å². The zero-order valence-corrected chi connectivity index (χ0v) is 23.3. The Morgan fingerprint density at radius 2 is 1.90 bits per heavy atom. The molecule has 10 nitrogen and oxygen atoms in total. The number of aryl methyl sites for hydroxylation is 1. The van der Waals surface area contributed by atoms with Crippen molar-refractivity contribution in [1.82, 2.24) is 29.5 Å². The van der Waals surface area contributed by atoms with Crippen molar-refractivity contribution < 1.29 is 27.0 Å². The van der Waals surface area contributed by atoms with E-state index in [4.69, 9.17) is 14.9 Å². The SMILES string of the molecule is COc1ncnc(C2CC2)c1-c1nc(NC(C)C)c(C=N)c(OCc2ccc(-c3nc(C(F)(F)F)cn3C)c(F)c2)n1. The summed E-state index contributed by atoms with van der Waals surface area (Å²) in [6.45, 7) is 3.69. The molecule has 4 aromatic rings. The van der Waals surface area contributed by atoms with Crippen LogP contribution in [0.1, 0.15) is 55.1 Å². The number of rotatable bonds is 10. The number of nitrogens with zero attached hydrogens (tertiary/aromatic N) is 6. The number of methoxy groups -OCH3 is 1. The summed E-state index contributed by atoms with van der Waals surface area (Å²) in [5.41, 5.74) is 0.747. The fraction of sp³-hybridized carbons (Fsp3) is 0.357. The number of aromatic nitrogens is 6. The lowest BCUT2D eigenvalue weighted by Gasteiger charge is -2.18. The molecule has 0 spiro atoms. The molecular formula is C28H28F4N8O2. The summed E-state index contributed by atoms with van der Waals surface area (Å²) in [6, 6.07) is 4.00. The normalized spacial score (nSPS) is 13.4. The first kappa shape index (κ1) is 28.9. The van der Waals surface area contributed by atoms with Crippen LogP contribution >= 0.6 is 0 Å². The molecule has 1 fully saturated rings. The molecule has 0 amide bonds. The molecule has 0 saturated heterocycles. The van der Waals surface area contributed by atoms with Crippen molar-refractivity contribution in [3.63, 3.8) is 0 Å². The van der Waals surface area contributed by atoms with Crippen LogP contribution < -0.4 is 14.8 Å². The minimum atomic E-state index is -4.65. The van der Waals surface area contributed by atoms with Crippen LogP contribution in [0.3, 0.4) is 0 Å². The largest absolute Gasteiger partial charge is 0.480 e. The van der Waals surface area contributed by atoms with Crippen molar-refractivity contribution in [3.05, 3.63) is 59.1 Å². The number of nitrogens with one attached hydrogen (secondary N) is 2. The topological polar surface area (TPSA) is 124 Å². The van der Waals surface area contributed by atoms with Gasteiger partial charge in [-0.2, -0.15) is 18.2 Å². The first-order valence-corrected chi connectivity index (χ1v) is 13.1. The highest BCUT2D eigenvalue weighted by Gasteiger charge is 2.35. The Kier molecular flexibility index (Phi) is 7.80. The Labute approximate surface area is 238 Å². The van der Waals surface area contributed by atoms with Gasteiger partial charge < -0.3 is 24.8 Å². The number of ether oxygens (including phenoxy) is 2. The van der Waals surface area contributed by atoms with Crippen LogP contribution in [-0.4, -0.2) is 48.9 Å². The zero-order valence-electron chi connectivity index (χ0n) is 23.3. The van der Waals surface area contributed by atoms with Crippen molar-refractivity contribution in [2.24, 2.45) is 7.05 Å². The molecule has 220 valence electrons. The molecule has 3 heterocycles. The molecule has 0 bridgehead atoms. The van der Waals surface area contributed by atoms with Crippen molar-refractivity contribution in [1.29, 1.82) is 5.41 Å². The molecule has 0 radical (unpaired) electrons. The predicted octanol–water partition coefficient (Wildman–Crippen LogP) is 5.77. The van der Waals surface area contributed by atoms with E-state index in [1.54, 1.807) is 0 Å². The number of alkyl halides is 3. The van der Waals surface area contributed by atoms with Crippen LogP contribution in [0.5, 0.6) is 11.8 Å². The van der Waals surface area contributed by atoms with Gasteiger partial charge in [0.15, 0.2) is 11.5 Å². The number of imidazole rings is 1. The number of anilines is 1. The third kappa shape index (κ3) is 5.87. The lowest BCUT2D eigenvalue weighted by molar-refractivity contribution is -0.140. The Morgan fingerprint density at radius 1 is 1.14 bits per heavy atom. The van der Waals surface area contributed by atoms with Crippen molar-refractivity contribution in [3.8, 4) is 34.5 Å². The minimum absolute atomic E-state index is 0.0401. The summed E-state index contributed by atoms with van der Waals surface area (Å²) in [7, 11) is 2.86. The number of hydrogen-bond donors (Lipinski definition) is 2. The van der Waals surface area contributed by atoms with E-state index in [-0.39, 0.29) is 47.2 Å². The van der Waals surface area contributed by atoms with E-state index in [0.717, 1.165) is 41.6 Å². The van der Waals surface area contributed by atoms with E-state index in [0.29, 0.717) is 22.8 Å². The van der Waals surface area contributed by atoms with Gasteiger partial charge in [0.2, 0.25) is 11.8 Å². The molecule has 0 unspecified atom stereocenters. The lowest BCUT2D eigenvalue weighted by atomic mass is 10.1. The summed E-state index contributed by atoms with van der Waals surface area (Å²) in [5, 5.41) is 11.2. The molecule has 5 rings (SSSR count). The van der Waals surface area contributed by atoms with E-state index in [2.05, 4.69) is 30.2 Å². The maximum Gasteiger partial charge on any atom is 0.434 e. The summed E-state index contributed by atoms with van der Waals surface area (Å²) in [4.78, 5) is 21.5. The Balaban J connectivity index is 1.49. The molecule has 1 aromatic carbocycles. The third-order valence-electron chi connectivity index (χ3n) is 6.52. The van der Waals surface area contributed by atoms with Crippen LogP contribution in [0, 0.1) is 11.2 Å². The minimum Gasteiger partial charge on any atom is -0.480 e. The lowest BCUT2D eigenvalue weighted by Crippen LogP contribution is -2.16. The second kappa shape index (κ2) is 11.3. The summed E-state index contributed by atoms with van der Waals surface area (Å²) >= 11 is 0. The fourth-order valence-electron chi connectivity index (χ4n) is 4.43. The molecule has 14 heteroatoms. The van der Waals surface area contributed by atoms with Gasteiger partial charge >= 0.3 is 6.18 Å². The van der Waals surface area contributed by atoms with Crippen molar-refractivity contribution >= 4 is 12.0 Å². The van der Waals surface area contributed by atoms with E-state index in [9.17, 15) is 13.2 Å². The van der Waals surface area contributed by atoms with Crippen molar-refractivity contribution in [2.45, 2.75) is 51.4 Å². The molecule has 3 aromatic heterocycles. The van der Waals surface area contributed by atoms with Gasteiger partial charge in [0, 0.05) is 31.4 Å². The maximum absolute atomic E-state index is 15.1. The molecule has 1 aliphatic carbocycles. The van der Waals surface area contributed by atoms with Gasteiger partial charge in [-0.05, 0) is 44.4 Å². The number of halogens is 4. The molecule has 1 aliphatic rings. The molecule has 2 N–H and O–H groups in total. The summed E-state index contributed by atoms with van der Waals surface area (Å²) < 4.78 is 67.0. The Hall–Kier alpha value is -4.62. The second-order valence-corrected chi connectivity index (χ2v) is 10.1. The molecule has 1 saturated carbocycles. The Bertz CT molecular complexity index is 1630. The van der Waals surface area contributed by atoms with Gasteiger partial charge in [-0.1, -0.05) is 6.07 Å². The van der Waals surface area contributed by atoms with Gasteiger partial charge in [-0.3, -0.25) is 0 Å². The predicted molar refractivity (Wildman–Crippen MR) is 146 cm³/mol. The smallest absolute Gasteiger partial charge is 0.434 e. The van der Waals surface area contributed by atoms with Crippen LogP contribution in [0.25, 0.3) is 22.8 Å². The second-order valence-electron chi connectivity index (χ2n) is 10.1. The average molecular weight is 585 g/mol. The molecule has 0 aliphatic heterocycles. The van der Waals surface area contributed by atoms with E-state index < -0.39 is 17.7 Å². The molecular weight excluding hydrogens is 556 g/mol. The third-order valence-corrected chi connectivity index (χ3v) is 6.52. The highest BCUT2D eigenvalue weighted by molar-refractivity contribution is 5.88. The number of benzene rings is 1. The highest BCUT2D eigenvalue weighted by Crippen LogP contribution is 2.45. The van der Waals surface area contributed by atoms with Crippen LogP contribution in [-0.2, 0) is 19.8 Å². The monoisotopic (exact) mass is 584 g/mol. The van der Waals surface area contributed by atoms with Gasteiger partial charge in [0.1, 0.15) is 36.0 Å².